The number of amides is 1. The number of aryl methyl sites for hydroxylation is 1. The fraction of sp³-hybridized carbons (Fsp3) is 0.118. The van der Waals surface area contributed by atoms with E-state index in [9.17, 15) is 14.0 Å². The van der Waals surface area contributed by atoms with E-state index in [0.717, 1.165) is 4.47 Å². The van der Waals surface area contributed by atoms with E-state index in [1.165, 1.54) is 29.1 Å². The third kappa shape index (κ3) is 4.05. The van der Waals surface area contributed by atoms with Gasteiger partial charge in [-0.15, -0.1) is 0 Å². The maximum Gasteiger partial charge on any atom is 0.261 e. The van der Waals surface area contributed by atoms with Crippen LogP contribution in [0.3, 0.4) is 0 Å². The fourth-order valence-corrected chi connectivity index (χ4v) is 2.85. The van der Waals surface area contributed by atoms with Crippen molar-refractivity contribution < 1.29 is 9.18 Å². The Morgan fingerprint density at radius 3 is 2.84 bits per heavy atom. The Kier molecular flexibility index (Phi) is 5.15. The molecule has 1 heterocycles. The Morgan fingerprint density at radius 2 is 2.08 bits per heavy atom. The normalized spacial score (nSPS) is 10.8. The Labute approximate surface area is 155 Å². The van der Waals surface area contributed by atoms with E-state index in [-0.39, 0.29) is 29.5 Å². The number of fused-ring (bicyclic) bond motifs is 1. The molecule has 0 unspecified atom stereocenters. The number of rotatable bonds is 4. The van der Waals surface area contributed by atoms with Crippen molar-refractivity contribution in [2.45, 2.75) is 13.0 Å². The van der Waals surface area contributed by atoms with Crippen LogP contribution in [0.5, 0.6) is 0 Å². The van der Waals surface area contributed by atoms with E-state index in [1.54, 1.807) is 18.2 Å². The number of benzene rings is 2. The molecule has 0 spiro atoms. The predicted molar refractivity (Wildman–Crippen MR) is 98.4 cm³/mol. The lowest BCUT2D eigenvalue weighted by Crippen LogP contribution is -2.23. The monoisotopic (exact) mass is 423 g/mol. The van der Waals surface area contributed by atoms with Gasteiger partial charge in [-0.3, -0.25) is 14.2 Å². The number of hydrogen-bond acceptors (Lipinski definition) is 3. The zero-order chi connectivity index (χ0) is 18.0. The molecular formula is C17H12BrClFN3O2. The molecule has 128 valence electrons. The van der Waals surface area contributed by atoms with E-state index < -0.39 is 5.82 Å². The molecule has 0 aliphatic rings. The summed E-state index contributed by atoms with van der Waals surface area (Å²) in [4.78, 5) is 28.7. The van der Waals surface area contributed by atoms with Crippen molar-refractivity contribution >= 4 is 50.0 Å². The van der Waals surface area contributed by atoms with Gasteiger partial charge in [0.05, 0.1) is 22.3 Å². The maximum atomic E-state index is 13.1. The Bertz CT molecular complexity index is 1020. The number of nitrogens with one attached hydrogen (secondary N) is 1. The molecule has 1 amide bonds. The molecule has 1 aromatic heterocycles. The highest BCUT2D eigenvalue weighted by atomic mass is 79.9. The van der Waals surface area contributed by atoms with Gasteiger partial charge in [0.25, 0.3) is 5.56 Å². The highest BCUT2D eigenvalue weighted by Crippen LogP contribution is 2.19. The topological polar surface area (TPSA) is 64.0 Å². The van der Waals surface area contributed by atoms with Crippen molar-refractivity contribution in [1.82, 2.24) is 9.55 Å². The zero-order valence-electron chi connectivity index (χ0n) is 12.8. The number of carbonyl (C=O) groups is 1. The van der Waals surface area contributed by atoms with E-state index >= 15 is 0 Å². The molecule has 0 saturated carbocycles. The summed E-state index contributed by atoms with van der Waals surface area (Å²) in [5, 5.41) is 3.02. The summed E-state index contributed by atoms with van der Waals surface area (Å²) < 4.78 is 15.3. The SMILES string of the molecule is O=C(CCn1cnc2ccc(Br)cc2c1=O)Nc1ccc(F)c(Cl)c1. The van der Waals surface area contributed by atoms with Crippen LogP contribution in [0.15, 0.2) is 52.0 Å². The minimum Gasteiger partial charge on any atom is -0.326 e. The smallest absolute Gasteiger partial charge is 0.261 e. The predicted octanol–water partition coefficient (Wildman–Crippen LogP) is 3.98. The van der Waals surface area contributed by atoms with Gasteiger partial charge in [-0.1, -0.05) is 27.5 Å². The molecular weight excluding hydrogens is 413 g/mol. The molecule has 0 bridgehead atoms. The van der Waals surface area contributed by atoms with E-state index in [0.29, 0.717) is 16.6 Å². The summed E-state index contributed by atoms with van der Waals surface area (Å²) >= 11 is 9.00. The Balaban J connectivity index is 1.71. The van der Waals surface area contributed by atoms with Crippen molar-refractivity contribution in [2.24, 2.45) is 0 Å². The highest BCUT2D eigenvalue weighted by Gasteiger charge is 2.08. The van der Waals surface area contributed by atoms with Crippen LogP contribution in [-0.2, 0) is 11.3 Å². The van der Waals surface area contributed by atoms with Gasteiger partial charge in [0.1, 0.15) is 5.82 Å². The van der Waals surface area contributed by atoms with Gasteiger partial charge in [-0.2, -0.15) is 0 Å². The second kappa shape index (κ2) is 7.33. The molecule has 2 aromatic carbocycles. The number of anilines is 1. The molecule has 25 heavy (non-hydrogen) atoms. The highest BCUT2D eigenvalue weighted by molar-refractivity contribution is 9.10. The molecule has 0 saturated heterocycles. The molecule has 5 nitrogen and oxygen atoms in total. The van der Waals surface area contributed by atoms with Crippen LogP contribution in [0, 0.1) is 5.82 Å². The molecule has 0 radical (unpaired) electrons. The van der Waals surface area contributed by atoms with Gasteiger partial charge in [0, 0.05) is 23.1 Å². The standard InChI is InChI=1S/C17H12BrClFN3O2/c18-10-1-4-15-12(7-10)17(25)23(9-21-15)6-5-16(24)22-11-2-3-14(20)13(19)8-11/h1-4,7-9H,5-6H2,(H,22,24). The lowest BCUT2D eigenvalue weighted by molar-refractivity contribution is -0.116. The summed E-state index contributed by atoms with van der Waals surface area (Å²) in [6.07, 6.45) is 1.48. The van der Waals surface area contributed by atoms with E-state index in [2.05, 4.69) is 26.2 Å². The van der Waals surface area contributed by atoms with Gasteiger partial charge >= 0.3 is 0 Å². The second-order valence-corrected chi connectivity index (χ2v) is 6.65. The summed E-state index contributed by atoms with van der Waals surface area (Å²) in [5.74, 6) is -0.872. The van der Waals surface area contributed by atoms with Crippen LogP contribution in [0.4, 0.5) is 10.1 Å². The van der Waals surface area contributed by atoms with Crippen LogP contribution >= 0.6 is 27.5 Å². The lowest BCUT2D eigenvalue weighted by Gasteiger charge is -2.08. The average molecular weight is 425 g/mol. The van der Waals surface area contributed by atoms with Gasteiger partial charge in [0.2, 0.25) is 5.91 Å². The first kappa shape index (κ1) is 17.6. The molecule has 1 N–H and O–H groups in total. The average Bonchev–Trinajstić information content (AvgIpc) is 2.58. The molecule has 0 atom stereocenters. The van der Waals surface area contributed by atoms with Crippen LogP contribution < -0.4 is 10.9 Å². The van der Waals surface area contributed by atoms with Gasteiger partial charge in [-0.05, 0) is 36.4 Å². The summed E-state index contributed by atoms with van der Waals surface area (Å²) in [6, 6.07) is 9.17. The third-order valence-electron chi connectivity index (χ3n) is 3.57. The molecule has 0 fully saturated rings. The molecule has 3 aromatic rings. The lowest BCUT2D eigenvalue weighted by atomic mass is 10.2. The minimum absolute atomic E-state index is 0.0656. The van der Waals surface area contributed by atoms with Crippen LogP contribution in [0.2, 0.25) is 5.02 Å². The third-order valence-corrected chi connectivity index (χ3v) is 4.35. The number of hydrogen-bond donors (Lipinski definition) is 1. The summed E-state index contributed by atoms with van der Waals surface area (Å²) in [5.41, 5.74) is 0.767. The van der Waals surface area contributed by atoms with E-state index in [1.807, 2.05) is 0 Å². The van der Waals surface area contributed by atoms with E-state index in [4.69, 9.17) is 11.6 Å². The summed E-state index contributed by atoms with van der Waals surface area (Å²) in [7, 11) is 0. The number of nitrogens with zero attached hydrogens (tertiary/aromatic N) is 2. The summed E-state index contributed by atoms with van der Waals surface area (Å²) in [6.45, 7) is 0.176. The first-order chi connectivity index (χ1) is 11.9. The number of halogens is 3. The van der Waals surface area contributed by atoms with Crippen molar-refractivity contribution in [2.75, 3.05) is 5.32 Å². The second-order valence-electron chi connectivity index (χ2n) is 5.33. The van der Waals surface area contributed by atoms with Gasteiger partial charge in [0.15, 0.2) is 0 Å². The minimum atomic E-state index is -0.556. The molecule has 0 aliphatic carbocycles. The van der Waals surface area contributed by atoms with Crippen molar-refractivity contribution in [3.63, 3.8) is 0 Å². The van der Waals surface area contributed by atoms with Crippen LogP contribution in [0.1, 0.15) is 6.42 Å². The van der Waals surface area contributed by atoms with Crippen molar-refractivity contribution in [3.05, 3.63) is 68.4 Å². The van der Waals surface area contributed by atoms with Crippen LogP contribution in [-0.4, -0.2) is 15.5 Å². The zero-order valence-corrected chi connectivity index (χ0v) is 15.1. The van der Waals surface area contributed by atoms with Gasteiger partial charge < -0.3 is 5.32 Å². The quantitative estimate of drug-likeness (QED) is 0.689. The Morgan fingerprint density at radius 1 is 1.28 bits per heavy atom. The molecule has 0 aliphatic heterocycles. The first-order valence-corrected chi connectivity index (χ1v) is 8.51. The number of aromatic nitrogens is 2. The van der Waals surface area contributed by atoms with Crippen molar-refractivity contribution in [1.29, 1.82) is 0 Å². The first-order valence-electron chi connectivity index (χ1n) is 7.33. The molecule has 3 rings (SSSR count). The fourth-order valence-electron chi connectivity index (χ4n) is 2.31. The maximum absolute atomic E-state index is 13.1. The molecule has 8 heteroatoms. The largest absolute Gasteiger partial charge is 0.326 e. The van der Waals surface area contributed by atoms with Crippen molar-refractivity contribution in [3.8, 4) is 0 Å². The number of carbonyl (C=O) groups excluding carboxylic acids is 1. The van der Waals surface area contributed by atoms with Gasteiger partial charge in [-0.25, -0.2) is 9.37 Å². The van der Waals surface area contributed by atoms with Crippen LogP contribution in [0.25, 0.3) is 10.9 Å². The Hall–Kier alpha value is -2.25.